The molecule has 0 aromatic rings. The molecule has 0 spiro atoms. The Morgan fingerprint density at radius 1 is 1.28 bits per heavy atom. The molecule has 1 saturated carbocycles. The summed E-state index contributed by atoms with van der Waals surface area (Å²) < 4.78 is 0. The number of rotatable bonds is 6. The summed E-state index contributed by atoms with van der Waals surface area (Å²) in [6.45, 7) is 1.29. The van der Waals surface area contributed by atoms with E-state index in [1.807, 2.05) is 0 Å². The second kappa shape index (κ2) is 8.05. The van der Waals surface area contributed by atoms with Crippen LogP contribution in [0.15, 0.2) is 0 Å². The van der Waals surface area contributed by atoms with Crippen LogP contribution in [0.25, 0.3) is 0 Å². The van der Waals surface area contributed by atoms with Crippen LogP contribution in [0.2, 0.25) is 0 Å². The molecule has 0 aliphatic heterocycles. The van der Waals surface area contributed by atoms with E-state index in [0.717, 1.165) is 12.8 Å². The van der Waals surface area contributed by atoms with E-state index < -0.39 is 6.03 Å². The standard InChI is InChI=1S/C12H23N3O3/c1-13-12(18)14-11(17)6-7-15(8-9-16)10-4-2-3-5-10/h10,16H,2-9H2,1H3,(H2,13,14,17,18). The van der Waals surface area contributed by atoms with E-state index in [4.69, 9.17) is 5.11 Å². The summed E-state index contributed by atoms with van der Waals surface area (Å²) in [7, 11) is 1.47. The van der Waals surface area contributed by atoms with Crippen LogP contribution in [0.5, 0.6) is 0 Å². The van der Waals surface area contributed by atoms with Gasteiger partial charge < -0.3 is 10.4 Å². The zero-order valence-corrected chi connectivity index (χ0v) is 10.9. The van der Waals surface area contributed by atoms with Crippen molar-refractivity contribution in [3.05, 3.63) is 0 Å². The Morgan fingerprint density at radius 3 is 2.50 bits per heavy atom. The van der Waals surface area contributed by atoms with E-state index in [1.54, 1.807) is 0 Å². The number of aliphatic hydroxyl groups is 1. The fourth-order valence-corrected chi connectivity index (χ4v) is 2.37. The van der Waals surface area contributed by atoms with Crippen molar-refractivity contribution >= 4 is 11.9 Å². The third-order valence-electron chi connectivity index (χ3n) is 3.33. The van der Waals surface area contributed by atoms with Crippen molar-refractivity contribution in [3.8, 4) is 0 Å². The minimum Gasteiger partial charge on any atom is -0.395 e. The number of nitrogens with one attached hydrogen (secondary N) is 2. The zero-order chi connectivity index (χ0) is 13.4. The van der Waals surface area contributed by atoms with Crippen molar-refractivity contribution in [2.45, 2.75) is 38.1 Å². The summed E-state index contributed by atoms with van der Waals surface area (Å²) in [6, 6.07) is -0.000439. The van der Waals surface area contributed by atoms with Gasteiger partial charge in [0.15, 0.2) is 0 Å². The molecular weight excluding hydrogens is 234 g/mol. The Hall–Kier alpha value is -1.14. The fraction of sp³-hybridized carbons (Fsp3) is 0.833. The molecule has 0 saturated heterocycles. The van der Waals surface area contributed by atoms with Gasteiger partial charge in [0, 0.05) is 32.6 Å². The highest BCUT2D eigenvalue weighted by Gasteiger charge is 2.22. The first kappa shape index (κ1) is 14.9. The summed E-state index contributed by atoms with van der Waals surface area (Å²) in [4.78, 5) is 24.6. The van der Waals surface area contributed by atoms with Crippen LogP contribution in [-0.4, -0.2) is 54.7 Å². The Balaban J connectivity index is 2.32. The van der Waals surface area contributed by atoms with Gasteiger partial charge >= 0.3 is 6.03 Å². The van der Waals surface area contributed by atoms with Crippen LogP contribution in [0.3, 0.4) is 0 Å². The number of carbonyl (C=O) groups is 2. The van der Waals surface area contributed by atoms with E-state index in [2.05, 4.69) is 15.5 Å². The second-order valence-corrected chi connectivity index (χ2v) is 4.58. The highest BCUT2D eigenvalue weighted by atomic mass is 16.3. The molecule has 6 nitrogen and oxygen atoms in total. The summed E-state index contributed by atoms with van der Waals surface area (Å²) >= 11 is 0. The van der Waals surface area contributed by atoms with Crippen molar-refractivity contribution < 1.29 is 14.7 Å². The number of urea groups is 1. The van der Waals surface area contributed by atoms with E-state index in [1.165, 1.54) is 19.9 Å². The molecule has 0 radical (unpaired) electrons. The summed E-state index contributed by atoms with van der Waals surface area (Å²) in [5, 5.41) is 13.6. The van der Waals surface area contributed by atoms with E-state index >= 15 is 0 Å². The Kier molecular flexibility index (Phi) is 6.67. The monoisotopic (exact) mass is 257 g/mol. The largest absolute Gasteiger partial charge is 0.395 e. The average molecular weight is 257 g/mol. The summed E-state index contributed by atoms with van der Waals surface area (Å²) in [5.41, 5.74) is 0. The molecular formula is C12H23N3O3. The fourth-order valence-electron chi connectivity index (χ4n) is 2.37. The number of nitrogens with zero attached hydrogens (tertiary/aromatic N) is 1. The maximum absolute atomic E-state index is 11.5. The maximum Gasteiger partial charge on any atom is 0.321 e. The minimum atomic E-state index is -0.477. The molecule has 18 heavy (non-hydrogen) atoms. The molecule has 1 fully saturated rings. The number of aliphatic hydroxyl groups excluding tert-OH is 1. The van der Waals surface area contributed by atoms with Crippen molar-refractivity contribution in [1.29, 1.82) is 0 Å². The molecule has 0 bridgehead atoms. The molecule has 1 rings (SSSR count). The van der Waals surface area contributed by atoms with Gasteiger partial charge in [-0.3, -0.25) is 15.0 Å². The highest BCUT2D eigenvalue weighted by molar-refractivity contribution is 5.94. The molecule has 0 aromatic heterocycles. The van der Waals surface area contributed by atoms with Crippen LogP contribution in [0.4, 0.5) is 4.79 Å². The topological polar surface area (TPSA) is 81.7 Å². The number of hydrogen-bond acceptors (Lipinski definition) is 4. The molecule has 0 heterocycles. The SMILES string of the molecule is CNC(=O)NC(=O)CCN(CCO)C1CCCC1. The average Bonchev–Trinajstić information content (AvgIpc) is 2.87. The first-order valence-corrected chi connectivity index (χ1v) is 6.54. The zero-order valence-electron chi connectivity index (χ0n) is 10.9. The number of carbonyl (C=O) groups excluding carboxylic acids is 2. The molecule has 1 aliphatic rings. The molecule has 3 N–H and O–H groups in total. The second-order valence-electron chi connectivity index (χ2n) is 4.58. The summed E-state index contributed by atoms with van der Waals surface area (Å²) in [5.74, 6) is -0.282. The van der Waals surface area contributed by atoms with Gasteiger partial charge in [-0.05, 0) is 12.8 Å². The lowest BCUT2D eigenvalue weighted by molar-refractivity contribution is -0.120. The molecule has 3 amide bonds. The molecule has 0 atom stereocenters. The smallest absolute Gasteiger partial charge is 0.321 e. The van der Waals surface area contributed by atoms with Gasteiger partial charge in [-0.2, -0.15) is 0 Å². The Morgan fingerprint density at radius 2 is 1.94 bits per heavy atom. The van der Waals surface area contributed by atoms with Gasteiger partial charge in [-0.25, -0.2) is 4.79 Å². The molecule has 6 heteroatoms. The van der Waals surface area contributed by atoms with Gasteiger partial charge in [0.25, 0.3) is 0 Å². The predicted molar refractivity (Wildman–Crippen MR) is 68.1 cm³/mol. The van der Waals surface area contributed by atoms with Gasteiger partial charge in [-0.15, -0.1) is 0 Å². The van der Waals surface area contributed by atoms with Crippen molar-refractivity contribution in [2.75, 3.05) is 26.7 Å². The van der Waals surface area contributed by atoms with Crippen LogP contribution in [0.1, 0.15) is 32.1 Å². The quantitative estimate of drug-likeness (QED) is 0.629. The van der Waals surface area contributed by atoms with Gasteiger partial charge in [0.2, 0.25) is 5.91 Å². The minimum absolute atomic E-state index is 0.105. The van der Waals surface area contributed by atoms with E-state index in [-0.39, 0.29) is 18.9 Å². The lowest BCUT2D eigenvalue weighted by atomic mass is 10.2. The molecule has 0 unspecified atom stereocenters. The first-order chi connectivity index (χ1) is 8.67. The maximum atomic E-state index is 11.5. The predicted octanol–water partition coefficient (Wildman–Crippen LogP) is 0.0690. The lowest BCUT2D eigenvalue weighted by Crippen LogP contribution is -2.41. The van der Waals surface area contributed by atoms with E-state index in [9.17, 15) is 9.59 Å². The van der Waals surface area contributed by atoms with Crippen molar-refractivity contribution in [2.24, 2.45) is 0 Å². The molecule has 104 valence electrons. The third kappa shape index (κ3) is 5.01. The first-order valence-electron chi connectivity index (χ1n) is 6.54. The Labute approximate surface area is 108 Å². The Bertz CT molecular complexity index is 278. The molecule has 0 aromatic carbocycles. The van der Waals surface area contributed by atoms with Gasteiger partial charge in [0.1, 0.15) is 0 Å². The highest BCUT2D eigenvalue weighted by Crippen LogP contribution is 2.23. The molecule has 1 aliphatic carbocycles. The van der Waals surface area contributed by atoms with Crippen LogP contribution >= 0.6 is 0 Å². The van der Waals surface area contributed by atoms with Crippen molar-refractivity contribution in [1.82, 2.24) is 15.5 Å². The van der Waals surface area contributed by atoms with Crippen LogP contribution in [-0.2, 0) is 4.79 Å². The van der Waals surface area contributed by atoms with Crippen LogP contribution < -0.4 is 10.6 Å². The van der Waals surface area contributed by atoms with Crippen LogP contribution in [0, 0.1) is 0 Å². The number of imide groups is 1. The lowest BCUT2D eigenvalue weighted by Gasteiger charge is -2.27. The van der Waals surface area contributed by atoms with Crippen molar-refractivity contribution in [3.63, 3.8) is 0 Å². The van der Waals surface area contributed by atoms with Gasteiger partial charge in [0.05, 0.1) is 6.61 Å². The normalized spacial score (nSPS) is 15.9. The number of amides is 3. The van der Waals surface area contributed by atoms with Gasteiger partial charge in [-0.1, -0.05) is 12.8 Å². The summed E-state index contributed by atoms with van der Waals surface area (Å²) in [6.07, 6.45) is 4.99. The third-order valence-corrected chi connectivity index (χ3v) is 3.33. The number of hydrogen-bond donors (Lipinski definition) is 3. The van der Waals surface area contributed by atoms with E-state index in [0.29, 0.717) is 19.1 Å².